The Kier molecular flexibility index (Phi) is 7.86. The minimum Gasteiger partial charge on any atom is -0.389 e. The molecule has 1 rings (SSSR count). The standard InChI is InChI=1S/C13H24N4O3/c1-4-5-14-11-6-12(15-7-10(18)8-19-2)17-13(16-11)9-20-3/h6,10,18H,4-5,7-9H2,1-3H3,(H2,14,15,16,17). The van der Waals surface area contributed by atoms with Gasteiger partial charge in [-0.15, -0.1) is 0 Å². The molecule has 20 heavy (non-hydrogen) atoms. The van der Waals surface area contributed by atoms with Crippen molar-refractivity contribution >= 4 is 11.6 Å². The molecule has 1 aromatic heterocycles. The smallest absolute Gasteiger partial charge is 0.158 e. The number of aliphatic hydroxyl groups is 1. The molecule has 0 amide bonds. The van der Waals surface area contributed by atoms with E-state index in [0.717, 1.165) is 18.8 Å². The first kappa shape index (κ1) is 16.6. The topological polar surface area (TPSA) is 88.5 Å². The van der Waals surface area contributed by atoms with Crippen LogP contribution >= 0.6 is 0 Å². The number of ether oxygens (including phenoxy) is 2. The summed E-state index contributed by atoms with van der Waals surface area (Å²) in [6, 6.07) is 1.81. The van der Waals surface area contributed by atoms with Crippen molar-refractivity contribution in [1.82, 2.24) is 9.97 Å². The van der Waals surface area contributed by atoms with E-state index in [9.17, 15) is 5.11 Å². The van der Waals surface area contributed by atoms with Crippen LogP contribution in [0.25, 0.3) is 0 Å². The van der Waals surface area contributed by atoms with Crippen molar-refractivity contribution in [3.63, 3.8) is 0 Å². The van der Waals surface area contributed by atoms with E-state index in [1.54, 1.807) is 14.2 Å². The molecule has 0 saturated carbocycles. The number of hydrogen-bond acceptors (Lipinski definition) is 7. The molecule has 3 N–H and O–H groups in total. The van der Waals surface area contributed by atoms with Crippen LogP contribution in [0.1, 0.15) is 19.2 Å². The maximum atomic E-state index is 9.62. The molecule has 1 unspecified atom stereocenters. The molecule has 0 spiro atoms. The summed E-state index contributed by atoms with van der Waals surface area (Å²) in [5, 5.41) is 15.9. The second-order valence-corrected chi connectivity index (χ2v) is 4.40. The first-order valence-electron chi connectivity index (χ1n) is 6.71. The molecule has 0 aliphatic carbocycles. The molecule has 0 fully saturated rings. The molecule has 0 aliphatic heterocycles. The van der Waals surface area contributed by atoms with Gasteiger partial charge < -0.3 is 25.2 Å². The van der Waals surface area contributed by atoms with Gasteiger partial charge in [-0.05, 0) is 6.42 Å². The highest BCUT2D eigenvalue weighted by atomic mass is 16.5. The number of anilines is 2. The fraction of sp³-hybridized carbons (Fsp3) is 0.692. The summed E-state index contributed by atoms with van der Waals surface area (Å²) in [6.45, 7) is 3.92. The van der Waals surface area contributed by atoms with Crippen LogP contribution in [0.2, 0.25) is 0 Å². The largest absolute Gasteiger partial charge is 0.389 e. The molecule has 1 aromatic rings. The summed E-state index contributed by atoms with van der Waals surface area (Å²) < 4.78 is 9.93. The van der Waals surface area contributed by atoms with Crippen LogP contribution in [0.3, 0.4) is 0 Å². The van der Waals surface area contributed by atoms with E-state index in [1.165, 1.54) is 0 Å². The van der Waals surface area contributed by atoms with Gasteiger partial charge in [0.15, 0.2) is 5.82 Å². The minimum atomic E-state index is -0.576. The number of hydrogen-bond donors (Lipinski definition) is 3. The monoisotopic (exact) mass is 284 g/mol. The second kappa shape index (κ2) is 9.46. The SMILES string of the molecule is CCCNc1cc(NCC(O)COC)nc(COC)n1. The molecule has 7 heteroatoms. The van der Waals surface area contributed by atoms with Gasteiger partial charge in [0.2, 0.25) is 0 Å². The van der Waals surface area contributed by atoms with Gasteiger partial charge in [0, 0.05) is 33.4 Å². The molecule has 7 nitrogen and oxygen atoms in total. The van der Waals surface area contributed by atoms with Crippen LogP contribution in [0.15, 0.2) is 6.07 Å². The Morgan fingerprint density at radius 1 is 1.20 bits per heavy atom. The van der Waals surface area contributed by atoms with E-state index >= 15 is 0 Å². The molecule has 1 atom stereocenters. The number of aliphatic hydroxyl groups excluding tert-OH is 1. The lowest BCUT2D eigenvalue weighted by Gasteiger charge is -2.13. The lowest BCUT2D eigenvalue weighted by Crippen LogP contribution is -2.24. The number of methoxy groups -OCH3 is 2. The lowest BCUT2D eigenvalue weighted by atomic mass is 10.3. The van der Waals surface area contributed by atoms with E-state index in [2.05, 4.69) is 27.5 Å². The summed E-state index contributed by atoms with van der Waals surface area (Å²) >= 11 is 0. The van der Waals surface area contributed by atoms with Gasteiger partial charge in [-0.3, -0.25) is 0 Å². The molecule has 0 bridgehead atoms. The average Bonchev–Trinajstić information content (AvgIpc) is 2.43. The Labute approximate surface area is 119 Å². The summed E-state index contributed by atoms with van der Waals surface area (Å²) in [4.78, 5) is 8.67. The van der Waals surface area contributed by atoms with Gasteiger partial charge in [-0.2, -0.15) is 0 Å². The van der Waals surface area contributed by atoms with Crippen LogP contribution < -0.4 is 10.6 Å². The summed E-state index contributed by atoms with van der Waals surface area (Å²) in [7, 11) is 3.16. The Balaban J connectivity index is 2.69. The van der Waals surface area contributed by atoms with Crippen molar-refractivity contribution in [1.29, 1.82) is 0 Å². The van der Waals surface area contributed by atoms with Crippen LogP contribution in [0.4, 0.5) is 11.6 Å². The van der Waals surface area contributed by atoms with E-state index in [0.29, 0.717) is 24.8 Å². The van der Waals surface area contributed by atoms with Crippen molar-refractivity contribution in [2.45, 2.75) is 26.1 Å². The molecule has 0 aliphatic rings. The highest BCUT2D eigenvalue weighted by Gasteiger charge is 2.07. The van der Waals surface area contributed by atoms with E-state index < -0.39 is 6.10 Å². The Morgan fingerprint density at radius 2 is 1.90 bits per heavy atom. The summed E-state index contributed by atoms with van der Waals surface area (Å²) in [5.74, 6) is 2.00. The third kappa shape index (κ3) is 6.14. The molecular formula is C13H24N4O3. The number of nitrogens with zero attached hydrogens (tertiary/aromatic N) is 2. The van der Waals surface area contributed by atoms with Crippen molar-refractivity contribution in [3.05, 3.63) is 11.9 Å². The van der Waals surface area contributed by atoms with Crippen LogP contribution in [-0.2, 0) is 16.1 Å². The van der Waals surface area contributed by atoms with Crippen LogP contribution in [-0.4, -0.2) is 55.1 Å². The normalized spacial score (nSPS) is 12.2. The average molecular weight is 284 g/mol. The Morgan fingerprint density at radius 3 is 2.50 bits per heavy atom. The first-order valence-corrected chi connectivity index (χ1v) is 6.71. The second-order valence-electron chi connectivity index (χ2n) is 4.40. The molecule has 1 heterocycles. The zero-order chi connectivity index (χ0) is 14.8. The third-order valence-electron chi connectivity index (χ3n) is 2.48. The van der Waals surface area contributed by atoms with Crippen molar-refractivity contribution in [2.24, 2.45) is 0 Å². The predicted molar refractivity (Wildman–Crippen MR) is 77.9 cm³/mol. The highest BCUT2D eigenvalue weighted by Crippen LogP contribution is 2.12. The van der Waals surface area contributed by atoms with Crippen molar-refractivity contribution in [3.8, 4) is 0 Å². The molecule has 0 radical (unpaired) electrons. The fourth-order valence-corrected chi connectivity index (χ4v) is 1.60. The number of aromatic nitrogens is 2. The van der Waals surface area contributed by atoms with Gasteiger partial charge in [0.1, 0.15) is 18.2 Å². The lowest BCUT2D eigenvalue weighted by molar-refractivity contribution is 0.0727. The van der Waals surface area contributed by atoms with Gasteiger partial charge in [-0.1, -0.05) is 6.92 Å². The van der Waals surface area contributed by atoms with Gasteiger partial charge >= 0.3 is 0 Å². The van der Waals surface area contributed by atoms with Gasteiger partial charge in [0.05, 0.1) is 12.7 Å². The third-order valence-corrected chi connectivity index (χ3v) is 2.48. The summed E-state index contributed by atoms with van der Waals surface area (Å²) in [5.41, 5.74) is 0. The van der Waals surface area contributed by atoms with Crippen LogP contribution in [0.5, 0.6) is 0 Å². The molecule has 0 aromatic carbocycles. The quantitative estimate of drug-likeness (QED) is 0.587. The summed E-state index contributed by atoms with van der Waals surface area (Å²) in [6.07, 6.45) is 0.437. The Hall–Kier alpha value is -1.44. The zero-order valence-corrected chi connectivity index (χ0v) is 12.3. The molecule has 114 valence electrons. The zero-order valence-electron chi connectivity index (χ0n) is 12.3. The molecular weight excluding hydrogens is 260 g/mol. The van der Waals surface area contributed by atoms with Crippen molar-refractivity contribution < 1.29 is 14.6 Å². The van der Waals surface area contributed by atoms with E-state index in [1.807, 2.05) is 6.07 Å². The maximum absolute atomic E-state index is 9.62. The predicted octanol–water partition coefficient (Wildman–Crippen LogP) is 0.864. The van der Waals surface area contributed by atoms with E-state index in [-0.39, 0.29) is 6.61 Å². The first-order chi connectivity index (χ1) is 9.69. The number of nitrogens with one attached hydrogen (secondary N) is 2. The highest BCUT2D eigenvalue weighted by molar-refractivity contribution is 5.47. The minimum absolute atomic E-state index is 0.282. The van der Waals surface area contributed by atoms with Gasteiger partial charge in [0.25, 0.3) is 0 Å². The van der Waals surface area contributed by atoms with Gasteiger partial charge in [-0.25, -0.2) is 9.97 Å². The van der Waals surface area contributed by atoms with Crippen LogP contribution in [0, 0.1) is 0 Å². The fourth-order valence-electron chi connectivity index (χ4n) is 1.60. The van der Waals surface area contributed by atoms with E-state index in [4.69, 9.17) is 9.47 Å². The Bertz CT molecular complexity index is 390. The molecule has 0 saturated heterocycles. The maximum Gasteiger partial charge on any atom is 0.158 e. The number of rotatable bonds is 10. The van der Waals surface area contributed by atoms with Crippen molar-refractivity contribution in [2.75, 3.05) is 44.5 Å².